The molecule has 3 aliphatic rings. The van der Waals surface area contributed by atoms with E-state index in [2.05, 4.69) is 57.8 Å². The Kier molecular flexibility index (Phi) is 3.04. The summed E-state index contributed by atoms with van der Waals surface area (Å²) in [5, 5.41) is 6.99. The van der Waals surface area contributed by atoms with Crippen molar-refractivity contribution < 1.29 is 0 Å². The Bertz CT molecular complexity index is 621. The van der Waals surface area contributed by atoms with E-state index in [1.165, 1.54) is 17.7 Å². The second-order valence-electron chi connectivity index (χ2n) is 6.12. The largest absolute Gasteiger partial charge is 0.367 e. The van der Waals surface area contributed by atoms with Gasteiger partial charge in [0.2, 0.25) is 0 Å². The van der Waals surface area contributed by atoms with E-state index in [1.54, 1.807) is 0 Å². The third kappa shape index (κ3) is 2.59. The molecule has 0 spiro atoms. The minimum absolute atomic E-state index is 0.664. The lowest BCUT2D eigenvalue weighted by Crippen LogP contribution is -2.67. The molecule has 3 fully saturated rings. The van der Waals surface area contributed by atoms with Gasteiger partial charge in [0.25, 0.3) is 0 Å². The number of nitrogens with one attached hydrogen (secondary N) is 2. The number of benzene rings is 1. The zero-order chi connectivity index (χ0) is 14.2. The second-order valence-corrected chi connectivity index (χ2v) is 6.12. The van der Waals surface area contributed by atoms with Gasteiger partial charge in [-0.15, -0.1) is 0 Å². The number of nitrogens with zero attached hydrogens (tertiary/aromatic N) is 2. The first-order chi connectivity index (χ1) is 10.3. The lowest BCUT2D eigenvalue weighted by Gasteiger charge is -2.49. The summed E-state index contributed by atoms with van der Waals surface area (Å²) in [4.78, 5) is 6.82. The summed E-state index contributed by atoms with van der Waals surface area (Å²) in [6.45, 7) is 4.28. The first-order valence-corrected chi connectivity index (χ1v) is 7.56. The average Bonchev–Trinajstić information content (AvgIpc) is 2.49. The van der Waals surface area contributed by atoms with Crippen molar-refractivity contribution in [2.45, 2.75) is 25.4 Å². The van der Waals surface area contributed by atoms with E-state index in [0.29, 0.717) is 12.1 Å². The summed E-state index contributed by atoms with van der Waals surface area (Å²) in [6.07, 6.45) is 5.17. The van der Waals surface area contributed by atoms with Gasteiger partial charge in [0.15, 0.2) is 0 Å². The molecule has 3 saturated heterocycles. The second kappa shape index (κ2) is 5.04. The summed E-state index contributed by atoms with van der Waals surface area (Å²) in [7, 11) is 0. The van der Waals surface area contributed by atoms with E-state index in [4.69, 9.17) is 0 Å². The Balaban J connectivity index is 1.51. The minimum atomic E-state index is 0.664. The molecule has 2 aromatic rings. The Hall–Kier alpha value is -2.07. The molecule has 108 valence electrons. The zero-order valence-electron chi connectivity index (χ0n) is 12.2. The number of aryl methyl sites for hydroxylation is 1. The van der Waals surface area contributed by atoms with E-state index >= 15 is 0 Å². The van der Waals surface area contributed by atoms with Crippen LogP contribution in [0.5, 0.6) is 0 Å². The van der Waals surface area contributed by atoms with Gasteiger partial charge in [-0.3, -0.25) is 4.98 Å². The summed E-state index contributed by atoms with van der Waals surface area (Å²) in [5.74, 6) is 0. The van der Waals surface area contributed by atoms with Gasteiger partial charge in [-0.2, -0.15) is 0 Å². The molecule has 2 atom stereocenters. The van der Waals surface area contributed by atoms with Crippen LogP contribution in [0.3, 0.4) is 0 Å². The molecule has 3 aliphatic heterocycles. The highest BCUT2D eigenvalue weighted by Crippen LogP contribution is 2.27. The average molecular weight is 280 g/mol. The van der Waals surface area contributed by atoms with Gasteiger partial charge in [0.1, 0.15) is 0 Å². The van der Waals surface area contributed by atoms with Crippen LogP contribution in [0.15, 0.2) is 42.7 Å². The van der Waals surface area contributed by atoms with Crippen molar-refractivity contribution >= 4 is 17.1 Å². The third-order valence-electron chi connectivity index (χ3n) is 4.35. The molecule has 4 heterocycles. The van der Waals surface area contributed by atoms with Crippen molar-refractivity contribution in [1.29, 1.82) is 0 Å². The SMILES string of the molecule is Cc1ccc(Nc2cncc(N3CC4CC(C3)N4)c2)cc1. The Labute approximate surface area is 125 Å². The maximum atomic E-state index is 4.39. The van der Waals surface area contributed by atoms with Gasteiger partial charge in [-0.1, -0.05) is 17.7 Å². The Morgan fingerprint density at radius 2 is 1.81 bits per heavy atom. The minimum Gasteiger partial charge on any atom is -0.367 e. The molecule has 1 aromatic carbocycles. The van der Waals surface area contributed by atoms with Crippen molar-refractivity contribution in [2.24, 2.45) is 0 Å². The molecule has 4 heteroatoms. The lowest BCUT2D eigenvalue weighted by atomic mass is 9.91. The summed E-state index contributed by atoms with van der Waals surface area (Å²) < 4.78 is 0. The van der Waals surface area contributed by atoms with E-state index in [1.807, 2.05) is 12.4 Å². The van der Waals surface area contributed by atoms with Gasteiger partial charge in [0, 0.05) is 30.9 Å². The van der Waals surface area contributed by atoms with Crippen molar-refractivity contribution in [3.05, 3.63) is 48.3 Å². The van der Waals surface area contributed by atoms with E-state index < -0.39 is 0 Å². The number of hydrogen-bond donors (Lipinski definition) is 2. The molecule has 2 N–H and O–H groups in total. The van der Waals surface area contributed by atoms with Crippen LogP contribution < -0.4 is 15.5 Å². The molecule has 5 rings (SSSR count). The van der Waals surface area contributed by atoms with E-state index in [0.717, 1.165) is 24.5 Å². The molecule has 2 bridgehead atoms. The van der Waals surface area contributed by atoms with Gasteiger partial charge >= 0.3 is 0 Å². The van der Waals surface area contributed by atoms with Gasteiger partial charge < -0.3 is 15.5 Å². The maximum absolute atomic E-state index is 4.39. The monoisotopic (exact) mass is 280 g/mol. The fourth-order valence-electron chi connectivity index (χ4n) is 3.20. The summed E-state index contributed by atoms with van der Waals surface area (Å²) >= 11 is 0. The van der Waals surface area contributed by atoms with E-state index in [-0.39, 0.29) is 0 Å². The third-order valence-corrected chi connectivity index (χ3v) is 4.35. The topological polar surface area (TPSA) is 40.2 Å². The number of fused-ring (bicyclic) bond motifs is 2. The first kappa shape index (κ1) is 12.7. The molecular formula is C17H20N4. The molecule has 4 nitrogen and oxygen atoms in total. The fourth-order valence-corrected chi connectivity index (χ4v) is 3.20. The number of piperazine rings is 1. The maximum Gasteiger partial charge on any atom is 0.0591 e. The predicted molar refractivity (Wildman–Crippen MR) is 86.2 cm³/mol. The first-order valence-electron chi connectivity index (χ1n) is 7.56. The Morgan fingerprint density at radius 3 is 2.52 bits per heavy atom. The van der Waals surface area contributed by atoms with Crippen LogP contribution in [-0.2, 0) is 0 Å². The van der Waals surface area contributed by atoms with Crippen LogP contribution in [0, 0.1) is 6.92 Å². The van der Waals surface area contributed by atoms with E-state index in [9.17, 15) is 0 Å². The predicted octanol–water partition coefficient (Wildman–Crippen LogP) is 2.68. The van der Waals surface area contributed by atoms with Crippen molar-refractivity contribution in [2.75, 3.05) is 23.3 Å². The van der Waals surface area contributed by atoms with Crippen molar-refractivity contribution in [3.8, 4) is 0 Å². The normalized spacial score (nSPS) is 23.6. The number of aromatic nitrogens is 1. The van der Waals surface area contributed by atoms with Gasteiger partial charge in [-0.05, 0) is 31.5 Å². The standard InChI is InChI=1S/C17H20N4/c1-12-2-4-13(5-3-12)19-14-7-17(9-18-8-14)21-10-15-6-16(11-21)20-15/h2-5,7-9,15-16,19-20H,6,10-11H2,1H3. The van der Waals surface area contributed by atoms with Crippen LogP contribution in [0.1, 0.15) is 12.0 Å². The highest BCUT2D eigenvalue weighted by molar-refractivity contribution is 5.64. The van der Waals surface area contributed by atoms with Crippen LogP contribution in [0.2, 0.25) is 0 Å². The quantitative estimate of drug-likeness (QED) is 0.907. The molecule has 0 amide bonds. The molecule has 0 saturated carbocycles. The van der Waals surface area contributed by atoms with Crippen molar-refractivity contribution in [3.63, 3.8) is 0 Å². The summed E-state index contributed by atoms with van der Waals surface area (Å²) in [5.41, 5.74) is 4.63. The molecule has 1 aromatic heterocycles. The van der Waals surface area contributed by atoms with Crippen LogP contribution >= 0.6 is 0 Å². The number of piperidine rings is 1. The van der Waals surface area contributed by atoms with Crippen LogP contribution in [-0.4, -0.2) is 30.2 Å². The molecule has 2 unspecified atom stereocenters. The lowest BCUT2D eigenvalue weighted by molar-refractivity contribution is 0.226. The fraction of sp³-hybridized carbons (Fsp3) is 0.353. The van der Waals surface area contributed by atoms with Crippen molar-refractivity contribution in [1.82, 2.24) is 10.3 Å². The number of anilines is 3. The highest BCUT2D eigenvalue weighted by atomic mass is 15.3. The number of hydrogen-bond acceptors (Lipinski definition) is 4. The molecule has 0 radical (unpaired) electrons. The Morgan fingerprint density at radius 1 is 1.10 bits per heavy atom. The van der Waals surface area contributed by atoms with Crippen LogP contribution in [0.4, 0.5) is 17.1 Å². The summed E-state index contributed by atoms with van der Waals surface area (Å²) in [6, 6.07) is 11.9. The van der Waals surface area contributed by atoms with Gasteiger partial charge in [0.05, 0.1) is 23.8 Å². The zero-order valence-corrected chi connectivity index (χ0v) is 12.2. The van der Waals surface area contributed by atoms with Gasteiger partial charge in [-0.25, -0.2) is 0 Å². The number of pyridine rings is 1. The molecule has 21 heavy (non-hydrogen) atoms. The number of rotatable bonds is 3. The smallest absolute Gasteiger partial charge is 0.0591 e. The highest BCUT2D eigenvalue weighted by Gasteiger charge is 2.36. The molecule has 0 aliphatic carbocycles. The van der Waals surface area contributed by atoms with Crippen LogP contribution in [0.25, 0.3) is 0 Å². The molecular weight excluding hydrogens is 260 g/mol.